The van der Waals surface area contributed by atoms with Gasteiger partial charge in [-0.1, -0.05) is 37.5 Å². The molecule has 0 fully saturated rings. The predicted molar refractivity (Wildman–Crippen MR) is 124 cm³/mol. The number of ether oxygens (including phenoxy) is 4. The minimum absolute atomic E-state index is 0.344. The van der Waals surface area contributed by atoms with Crippen LogP contribution in [0.3, 0.4) is 0 Å². The van der Waals surface area contributed by atoms with Crippen LogP contribution in [0.5, 0.6) is 23.0 Å². The third kappa shape index (κ3) is 5.35. The molecule has 30 heavy (non-hydrogen) atoms. The van der Waals surface area contributed by atoms with E-state index in [9.17, 15) is 0 Å². The molecule has 0 aliphatic rings. The number of benzene rings is 2. The average Bonchev–Trinajstić information content (AvgIpc) is 2.76. The van der Waals surface area contributed by atoms with Gasteiger partial charge in [0.1, 0.15) is 13.2 Å². The summed E-state index contributed by atoms with van der Waals surface area (Å²) in [6, 6.07) is 8.04. The molecule has 0 amide bonds. The van der Waals surface area contributed by atoms with E-state index in [1.165, 1.54) is 0 Å². The monoisotopic (exact) mass is 406 g/mol. The maximum atomic E-state index is 6.02. The smallest absolute Gasteiger partial charge is 0.169 e. The maximum absolute atomic E-state index is 6.02. The molecule has 0 aliphatic carbocycles. The zero-order valence-corrected chi connectivity index (χ0v) is 17.9. The third-order valence-corrected chi connectivity index (χ3v) is 4.41. The fraction of sp³-hybridized carbons (Fsp3) is 0.231. The van der Waals surface area contributed by atoms with Gasteiger partial charge in [0.15, 0.2) is 23.0 Å². The molecule has 2 aromatic carbocycles. The molecule has 0 bridgehead atoms. The first-order chi connectivity index (χ1) is 14.6. The number of hydrogen-bond acceptors (Lipinski definition) is 4. The molecule has 2 aromatic rings. The summed E-state index contributed by atoms with van der Waals surface area (Å²) < 4.78 is 23.3. The predicted octanol–water partition coefficient (Wildman–Crippen LogP) is 5.96. The molecule has 0 saturated carbocycles. The third-order valence-electron chi connectivity index (χ3n) is 4.41. The van der Waals surface area contributed by atoms with Crippen LogP contribution in [0.25, 0.3) is 11.1 Å². The van der Waals surface area contributed by atoms with E-state index in [1.807, 2.05) is 24.3 Å². The number of allylic oxidation sites excluding steroid dienone is 2. The molecule has 0 atom stereocenters. The SMILES string of the molecule is C=CCOc1c(OC)cc(CC=C)cc1-c1cc(CC=C)cc(OC)c1OCC=C. The molecule has 2 rings (SSSR count). The van der Waals surface area contributed by atoms with Crippen molar-refractivity contribution in [3.05, 3.63) is 86.0 Å². The maximum Gasteiger partial charge on any atom is 0.169 e. The summed E-state index contributed by atoms with van der Waals surface area (Å²) in [7, 11) is 3.25. The van der Waals surface area contributed by atoms with Crippen molar-refractivity contribution in [1.29, 1.82) is 0 Å². The summed E-state index contributed by atoms with van der Waals surface area (Å²) in [4.78, 5) is 0. The van der Waals surface area contributed by atoms with E-state index < -0.39 is 0 Å². The van der Waals surface area contributed by atoms with Gasteiger partial charge >= 0.3 is 0 Å². The molecule has 0 saturated heterocycles. The van der Waals surface area contributed by atoms with Crippen LogP contribution in [0, 0.1) is 0 Å². The van der Waals surface area contributed by atoms with Gasteiger partial charge in [-0.3, -0.25) is 0 Å². The van der Waals surface area contributed by atoms with Crippen molar-refractivity contribution in [2.24, 2.45) is 0 Å². The zero-order valence-electron chi connectivity index (χ0n) is 17.9. The summed E-state index contributed by atoms with van der Waals surface area (Å²) in [6.45, 7) is 15.9. The van der Waals surface area contributed by atoms with E-state index >= 15 is 0 Å². The van der Waals surface area contributed by atoms with Crippen LogP contribution in [0.4, 0.5) is 0 Å². The number of hydrogen-bond donors (Lipinski definition) is 0. The van der Waals surface area contributed by atoms with Crippen molar-refractivity contribution in [1.82, 2.24) is 0 Å². The van der Waals surface area contributed by atoms with E-state index in [0.717, 1.165) is 22.3 Å². The average molecular weight is 407 g/mol. The Hall–Kier alpha value is -3.40. The molecule has 158 valence electrons. The summed E-state index contributed by atoms with van der Waals surface area (Å²) >= 11 is 0. The highest BCUT2D eigenvalue weighted by molar-refractivity contribution is 5.82. The van der Waals surface area contributed by atoms with E-state index in [4.69, 9.17) is 18.9 Å². The minimum atomic E-state index is 0.344. The Morgan fingerprint density at radius 2 is 1.03 bits per heavy atom. The molecule has 0 radical (unpaired) electrons. The Kier molecular flexibility index (Phi) is 8.82. The van der Waals surface area contributed by atoms with Crippen LogP contribution in [0.15, 0.2) is 74.9 Å². The van der Waals surface area contributed by atoms with Gasteiger partial charge in [0, 0.05) is 11.1 Å². The minimum Gasteiger partial charge on any atom is -0.493 e. The molecular weight excluding hydrogens is 376 g/mol. The van der Waals surface area contributed by atoms with E-state index in [2.05, 4.69) is 38.4 Å². The second-order valence-electron chi connectivity index (χ2n) is 6.53. The molecule has 4 nitrogen and oxygen atoms in total. The van der Waals surface area contributed by atoms with Crippen molar-refractivity contribution in [3.63, 3.8) is 0 Å². The summed E-state index contributed by atoms with van der Waals surface area (Å²) in [5.74, 6) is 2.50. The first kappa shape index (κ1) is 22.9. The van der Waals surface area contributed by atoms with Gasteiger partial charge < -0.3 is 18.9 Å². The second-order valence-corrected chi connectivity index (χ2v) is 6.53. The molecule has 0 N–H and O–H groups in total. The lowest BCUT2D eigenvalue weighted by molar-refractivity contribution is 0.323. The molecule has 0 heterocycles. The highest BCUT2D eigenvalue weighted by Crippen LogP contribution is 2.47. The van der Waals surface area contributed by atoms with Gasteiger partial charge in [-0.05, 0) is 48.2 Å². The summed E-state index contributed by atoms with van der Waals surface area (Å²) in [5, 5.41) is 0. The van der Waals surface area contributed by atoms with Crippen molar-refractivity contribution in [2.75, 3.05) is 27.4 Å². The van der Waals surface area contributed by atoms with Crippen LogP contribution in [0.1, 0.15) is 11.1 Å². The lowest BCUT2D eigenvalue weighted by Crippen LogP contribution is -2.03. The zero-order chi connectivity index (χ0) is 21.9. The highest BCUT2D eigenvalue weighted by Gasteiger charge is 2.21. The number of methoxy groups -OCH3 is 2. The van der Waals surface area contributed by atoms with Crippen molar-refractivity contribution >= 4 is 0 Å². The Labute approximate surface area is 179 Å². The van der Waals surface area contributed by atoms with Gasteiger partial charge in [0.05, 0.1) is 14.2 Å². The fourth-order valence-corrected chi connectivity index (χ4v) is 3.17. The first-order valence-corrected chi connectivity index (χ1v) is 9.74. The van der Waals surface area contributed by atoms with E-state index in [0.29, 0.717) is 49.1 Å². The second kappa shape index (κ2) is 11.6. The van der Waals surface area contributed by atoms with Crippen molar-refractivity contribution < 1.29 is 18.9 Å². The van der Waals surface area contributed by atoms with Crippen LogP contribution in [-0.2, 0) is 12.8 Å². The lowest BCUT2D eigenvalue weighted by atomic mass is 9.96. The van der Waals surface area contributed by atoms with Gasteiger partial charge in [-0.15, -0.1) is 13.2 Å². The van der Waals surface area contributed by atoms with E-state index in [1.54, 1.807) is 26.4 Å². The quantitative estimate of drug-likeness (QED) is 0.385. The Balaban J connectivity index is 2.85. The van der Waals surface area contributed by atoms with Crippen LogP contribution in [-0.4, -0.2) is 27.4 Å². The largest absolute Gasteiger partial charge is 0.493 e. The van der Waals surface area contributed by atoms with Gasteiger partial charge in [-0.2, -0.15) is 0 Å². The highest BCUT2D eigenvalue weighted by atomic mass is 16.5. The van der Waals surface area contributed by atoms with Gasteiger partial charge in [0.25, 0.3) is 0 Å². The molecule has 0 aliphatic heterocycles. The van der Waals surface area contributed by atoms with Gasteiger partial charge in [0.2, 0.25) is 0 Å². The Morgan fingerprint density at radius 3 is 1.33 bits per heavy atom. The lowest BCUT2D eigenvalue weighted by Gasteiger charge is -2.21. The summed E-state index contributed by atoms with van der Waals surface area (Å²) in [6.07, 6.45) is 8.49. The Bertz CT molecular complexity index is 836. The van der Waals surface area contributed by atoms with Crippen LogP contribution in [0.2, 0.25) is 0 Å². The first-order valence-electron chi connectivity index (χ1n) is 9.74. The fourth-order valence-electron chi connectivity index (χ4n) is 3.17. The molecule has 0 spiro atoms. The topological polar surface area (TPSA) is 36.9 Å². The van der Waals surface area contributed by atoms with Crippen molar-refractivity contribution in [3.8, 4) is 34.1 Å². The van der Waals surface area contributed by atoms with Crippen LogP contribution >= 0.6 is 0 Å². The molecular formula is C26H30O4. The van der Waals surface area contributed by atoms with Gasteiger partial charge in [-0.25, -0.2) is 0 Å². The molecule has 4 heteroatoms. The standard InChI is InChI=1S/C26H30O4/c1-7-11-19-15-21(25(29-13-9-3)23(17-19)27-5)22-16-20(12-8-2)18-24(28-6)26(22)30-14-10-4/h7-10,15-18H,1-4,11-14H2,5-6H3. The number of rotatable bonds is 13. The normalized spacial score (nSPS) is 10.1. The summed E-state index contributed by atoms with van der Waals surface area (Å²) in [5.41, 5.74) is 3.78. The Morgan fingerprint density at radius 1 is 0.633 bits per heavy atom. The molecule has 0 aromatic heterocycles. The molecule has 0 unspecified atom stereocenters. The van der Waals surface area contributed by atoms with E-state index in [-0.39, 0.29) is 0 Å². The van der Waals surface area contributed by atoms with Crippen LogP contribution < -0.4 is 18.9 Å². The van der Waals surface area contributed by atoms with Crippen molar-refractivity contribution in [2.45, 2.75) is 12.8 Å².